The van der Waals surface area contributed by atoms with Gasteiger partial charge in [-0.3, -0.25) is 4.72 Å². The summed E-state index contributed by atoms with van der Waals surface area (Å²) >= 11 is 10.7. The van der Waals surface area contributed by atoms with E-state index in [9.17, 15) is 12.8 Å². The lowest BCUT2D eigenvalue weighted by atomic mass is 10.2. The van der Waals surface area contributed by atoms with Gasteiger partial charge >= 0.3 is 0 Å². The fourth-order valence-corrected chi connectivity index (χ4v) is 2.45. The third kappa shape index (κ3) is 2.97. The van der Waals surface area contributed by atoms with Crippen LogP contribution in [-0.2, 0) is 10.0 Å². The monoisotopic (exact) mass is 337 g/mol. The first-order chi connectivity index (χ1) is 9.34. The Balaban J connectivity index is 2.56. The van der Waals surface area contributed by atoms with E-state index in [4.69, 9.17) is 23.8 Å². The molecular formula is C9H9ClFN5O2S2. The first kappa shape index (κ1) is 14.9. The number of halogens is 2. The molecule has 0 saturated carbocycles. The highest BCUT2D eigenvalue weighted by atomic mass is 35.5. The predicted octanol–water partition coefficient (Wildman–Crippen LogP) is 1.88. The van der Waals surface area contributed by atoms with Crippen LogP contribution >= 0.6 is 23.8 Å². The zero-order chi connectivity index (χ0) is 14.9. The number of tetrazole rings is 1. The standard InChI is InChI=1S/C9H9ClFN5O2S2/c1-2-20(17,18)13-7-4-8(6(11)3-5(7)10)16-9(19)12-14-15-16/h3-4,13H,2H2,1H3,(H,12,15,19). The number of rotatable bonds is 4. The first-order valence-corrected chi connectivity index (χ1v) is 7.78. The van der Waals surface area contributed by atoms with Gasteiger partial charge in [-0.25, -0.2) is 17.9 Å². The van der Waals surface area contributed by atoms with Gasteiger partial charge in [0.25, 0.3) is 0 Å². The van der Waals surface area contributed by atoms with E-state index >= 15 is 0 Å². The van der Waals surface area contributed by atoms with Gasteiger partial charge in [0.15, 0.2) is 5.82 Å². The second-order valence-corrected chi connectivity index (χ2v) is 6.51. The predicted molar refractivity (Wildman–Crippen MR) is 74.6 cm³/mol. The second-order valence-electron chi connectivity index (χ2n) is 3.71. The Morgan fingerprint density at radius 3 is 2.80 bits per heavy atom. The molecule has 2 aromatic rings. The van der Waals surface area contributed by atoms with Crippen molar-refractivity contribution in [3.8, 4) is 5.69 Å². The lowest BCUT2D eigenvalue weighted by Gasteiger charge is -2.10. The molecule has 2 N–H and O–H groups in total. The molecule has 7 nitrogen and oxygen atoms in total. The average molecular weight is 338 g/mol. The number of hydrogen-bond donors (Lipinski definition) is 2. The molecule has 0 atom stereocenters. The molecule has 1 aromatic heterocycles. The van der Waals surface area contributed by atoms with Crippen molar-refractivity contribution in [1.82, 2.24) is 20.2 Å². The van der Waals surface area contributed by atoms with E-state index in [1.807, 2.05) is 0 Å². The zero-order valence-electron chi connectivity index (χ0n) is 10.1. The van der Waals surface area contributed by atoms with Crippen molar-refractivity contribution < 1.29 is 12.8 Å². The van der Waals surface area contributed by atoms with E-state index in [-0.39, 0.29) is 26.9 Å². The molecule has 0 saturated heterocycles. The van der Waals surface area contributed by atoms with E-state index in [2.05, 4.69) is 20.2 Å². The minimum absolute atomic E-state index is 0.0369. The quantitative estimate of drug-likeness (QED) is 0.831. The molecule has 0 amide bonds. The fraction of sp³-hybridized carbons (Fsp3) is 0.222. The summed E-state index contributed by atoms with van der Waals surface area (Å²) in [6.45, 7) is 1.47. The lowest BCUT2D eigenvalue weighted by molar-refractivity contribution is 0.601. The topological polar surface area (TPSA) is 92.7 Å². The van der Waals surface area contributed by atoms with Gasteiger partial charge in [-0.15, -0.1) is 0 Å². The maximum absolute atomic E-state index is 13.9. The Morgan fingerprint density at radius 2 is 2.25 bits per heavy atom. The summed E-state index contributed by atoms with van der Waals surface area (Å²) in [6.07, 6.45) is 0. The smallest absolute Gasteiger partial charge is 0.232 e. The Bertz CT molecular complexity index is 801. The van der Waals surface area contributed by atoms with Crippen LogP contribution in [0.5, 0.6) is 0 Å². The molecule has 2 rings (SSSR count). The fourth-order valence-electron chi connectivity index (χ4n) is 1.37. The first-order valence-electron chi connectivity index (χ1n) is 5.34. The molecule has 11 heteroatoms. The van der Waals surface area contributed by atoms with Gasteiger partial charge in [0.2, 0.25) is 14.8 Å². The van der Waals surface area contributed by atoms with Crippen molar-refractivity contribution in [1.29, 1.82) is 0 Å². The van der Waals surface area contributed by atoms with Crippen LogP contribution in [-0.4, -0.2) is 34.4 Å². The van der Waals surface area contributed by atoms with Crippen LogP contribution in [0.2, 0.25) is 5.02 Å². The molecular weight excluding hydrogens is 329 g/mol. The average Bonchev–Trinajstić information content (AvgIpc) is 2.79. The Labute approximate surface area is 123 Å². The molecule has 0 unspecified atom stereocenters. The van der Waals surface area contributed by atoms with Crippen molar-refractivity contribution in [2.75, 3.05) is 10.5 Å². The van der Waals surface area contributed by atoms with Crippen LogP contribution in [0.15, 0.2) is 12.1 Å². The van der Waals surface area contributed by atoms with Crippen molar-refractivity contribution >= 4 is 39.5 Å². The van der Waals surface area contributed by atoms with Crippen LogP contribution in [0.1, 0.15) is 6.92 Å². The van der Waals surface area contributed by atoms with Crippen LogP contribution in [0.3, 0.4) is 0 Å². The number of aromatic nitrogens is 4. The molecule has 0 spiro atoms. The molecule has 108 valence electrons. The highest BCUT2D eigenvalue weighted by molar-refractivity contribution is 7.92. The van der Waals surface area contributed by atoms with E-state index in [0.717, 1.165) is 10.7 Å². The third-order valence-electron chi connectivity index (χ3n) is 2.38. The van der Waals surface area contributed by atoms with Crippen molar-refractivity contribution in [2.24, 2.45) is 0 Å². The van der Waals surface area contributed by atoms with E-state index in [0.29, 0.717) is 0 Å². The molecule has 20 heavy (non-hydrogen) atoms. The maximum Gasteiger partial charge on any atom is 0.232 e. The van der Waals surface area contributed by atoms with Gasteiger partial charge in [0.05, 0.1) is 16.5 Å². The van der Waals surface area contributed by atoms with Gasteiger partial charge in [0.1, 0.15) is 5.69 Å². The van der Waals surface area contributed by atoms with Crippen LogP contribution in [0, 0.1) is 10.6 Å². The third-order valence-corrected chi connectivity index (χ3v) is 4.25. The minimum Gasteiger partial charge on any atom is -0.282 e. The summed E-state index contributed by atoms with van der Waals surface area (Å²) in [5.74, 6) is -0.848. The summed E-state index contributed by atoms with van der Waals surface area (Å²) in [4.78, 5) is 0. The number of nitrogens with one attached hydrogen (secondary N) is 2. The molecule has 0 aliphatic rings. The summed E-state index contributed by atoms with van der Waals surface area (Å²) < 4.78 is 40.3. The van der Waals surface area contributed by atoms with Gasteiger partial charge in [-0.2, -0.15) is 4.68 Å². The van der Waals surface area contributed by atoms with Crippen LogP contribution < -0.4 is 4.72 Å². The Hall–Kier alpha value is -1.52. The minimum atomic E-state index is -3.54. The van der Waals surface area contributed by atoms with Crippen molar-refractivity contribution in [3.05, 3.63) is 27.7 Å². The number of H-pyrrole nitrogens is 1. The number of aromatic amines is 1. The molecule has 1 aromatic carbocycles. The normalized spacial score (nSPS) is 11.6. The van der Waals surface area contributed by atoms with Gasteiger partial charge in [-0.05, 0) is 41.7 Å². The number of sulfonamides is 1. The molecule has 0 aliphatic carbocycles. The van der Waals surface area contributed by atoms with Crippen LogP contribution in [0.25, 0.3) is 5.69 Å². The zero-order valence-corrected chi connectivity index (χ0v) is 12.5. The summed E-state index contributed by atoms with van der Waals surface area (Å²) in [7, 11) is -3.54. The summed E-state index contributed by atoms with van der Waals surface area (Å²) in [5.41, 5.74) is -0.0308. The Kier molecular flexibility index (Phi) is 4.06. The largest absolute Gasteiger partial charge is 0.282 e. The summed E-state index contributed by atoms with van der Waals surface area (Å²) in [6, 6.07) is 2.17. The maximum atomic E-state index is 13.9. The van der Waals surface area contributed by atoms with Gasteiger partial charge in [-0.1, -0.05) is 11.6 Å². The number of anilines is 1. The van der Waals surface area contributed by atoms with E-state index < -0.39 is 15.8 Å². The van der Waals surface area contributed by atoms with Crippen molar-refractivity contribution in [2.45, 2.75) is 6.92 Å². The number of nitrogens with zero attached hydrogens (tertiary/aromatic N) is 3. The molecule has 0 radical (unpaired) electrons. The lowest BCUT2D eigenvalue weighted by Crippen LogP contribution is -2.15. The van der Waals surface area contributed by atoms with E-state index in [1.54, 1.807) is 0 Å². The highest BCUT2D eigenvalue weighted by Crippen LogP contribution is 2.28. The second kappa shape index (κ2) is 5.46. The van der Waals surface area contributed by atoms with Gasteiger partial charge < -0.3 is 0 Å². The Morgan fingerprint density at radius 1 is 1.55 bits per heavy atom. The molecule has 0 aliphatic heterocycles. The van der Waals surface area contributed by atoms with Crippen LogP contribution in [0.4, 0.5) is 10.1 Å². The number of hydrogen-bond acceptors (Lipinski definition) is 5. The van der Waals surface area contributed by atoms with E-state index in [1.165, 1.54) is 13.0 Å². The SMILES string of the molecule is CCS(=O)(=O)Nc1cc(-n2nn[nH]c2=S)c(F)cc1Cl. The van der Waals surface area contributed by atoms with Gasteiger partial charge in [0, 0.05) is 0 Å². The molecule has 0 fully saturated rings. The van der Waals surface area contributed by atoms with Crippen molar-refractivity contribution in [3.63, 3.8) is 0 Å². The summed E-state index contributed by atoms with van der Waals surface area (Å²) in [5, 5.41) is 9.30. The number of benzene rings is 1. The highest BCUT2D eigenvalue weighted by Gasteiger charge is 2.15. The molecule has 0 bridgehead atoms. The molecule has 1 heterocycles.